The van der Waals surface area contributed by atoms with Gasteiger partial charge in [-0.3, -0.25) is 9.59 Å². The zero-order chi connectivity index (χ0) is 22.8. The van der Waals surface area contributed by atoms with Crippen molar-refractivity contribution in [2.75, 3.05) is 5.01 Å². The predicted octanol–water partition coefficient (Wildman–Crippen LogP) is 5.32. The van der Waals surface area contributed by atoms with E-state index in [0.29, 0.717) is 16.1 Å². The Morgan fingerprint density at radius 3 is 2.73 bits per heavy atom. The molecule has 0 atom stereocenters. The highest BCUT2D eigenvalue weighted by atomic mass is 32.1. The Labute approximate surface area is 193 Å². The van der Waals surface area contributed by atoms with Gasteiger partial charge in [0.2, 0.25) is 10.6 Å². The molecule has 0 N–H and O–H groups in total. The van der Waals surface area contributed by atoms with Crippen molar-refractivity contribution >= 4 is 49.8 Å². The fraction of sp³-hybridized carbons (Fsp3) is 0.0769. The third kappa shape index (κ3) is 4.31. The van der Waals surface area contributed by atoms with Crippen LogP contribution in [0, 0.1) is 6.92 Å². The molecule has 162 valence electrons. The molecular formula is C26H19N3O3S. The third-order valence-corrected chi connectivity index (χ3v) is 6.16. The summed E-state index contributed by atoms with van der Waals surface area (Å²) >= 11 is 1.38. The lowest BCUT2D eigenvalue weighted by Crippen LogP contribution is -2.27. The average Bonchev–Trinajstić information content (AvgIpc) is 3.24. The van der Waals surface area contributed by atoms with Crippen LogP contribution in [0.2, 0.25) is 0 Å². The molecule has 6 nitrogen and oxygen atoms in total. The maximum absolute atomic E-state index is 13.3. The van der Waals surface area contributed by atoms with Crippen molar-refractivity contribution in [3.05, 3.63) is 106 Å². The van der Waals surface area contributed by atoms with E-state index in [1.54, 1.807) is 24.3 Å². The van der Waals surface area contributed by atoms with Crippen LogP contribution in [0.1, 0.15) is 16.7 Å². The van der Waals surface area contributed by atoms with Gasteiger partial charge < -0.3 is 4.42 Å². The highest BCUT2D eigenvalue weighted by Gasteiger charge is 2.20. The molecule has 5 aromatic rings. The number of hydrogen-bond donors (Lipinski definition) is 0. The van der Waals surface area contributed by atoms with E-state index in [4.69, 9.17) is 4.42 Å². The predicted molar refractivity (Wildman–Crippen MR) is 132 cm³/mol. The lowest BCUT2D eigenvalue weighted by atomic mass is 10.1. The fourth-order valence-electron chi connectivity index (χ4n) is 3.48. The molecular weight excluding hydrogens is 434 g/mol. The van der Waals surface area contributed by atoms with Gasteiger partial charge in [-0.25, -0.2) is 4.98 Å². The molecule has 0 aliphatic carbocycles. The number of carbonyl (C=O) groups is 1. The zero-order valence-electron chi connectivity index (χ0n) is 17.8. The van der Waals surface area contributed by atoms with Gasteiger partial charge >= 0.3 is 0 Å². The first-order chi connectivity index (χ1) is 16.1. The fourth-order valence-corrected chi connectivity index (χ4v) is 4.52. The van der Waals surface area contributed by atoms with Gasteiger partial charge in [0.1, 0.15) is 11.8 Å². The van der Waals surface area contributed by atoms with Crippen LogP contribution in [0.3, 0.4) is 0 Å². The van der Waals surface area contributed by atoms with Crippen molar-refractivity contribution < 1.29 is 9.21 Å². The largest absolute Gasteiger partial charge is 0.463 e. The molecule has 5 rings (SSSR count). The van der Waals surface area contributed by atoms with Gasteiger partial charge in [-0.2, -0.15) is 10.1 Å². The first-order valence-corrected chi connectivity index (χ1v) is 11.2. The van der Waals surface area contributed by atoms with Crippen molar-refractivity contribution in [1.29, 1.82) is 0 Å². The van der Waals surface area contributed by atoms with E-state index in [0.717, 1.165) is 21.3 Å². The van der Waals surface area contributed by atoms with Crippen LogP contribution in [0.15, 0.2) is 93.4 Å². The van der Waals surface area contributed by atoms with Gasteiger partial charge in [-0.05, 0) is 42.3 Å². The number of fused-ring (bicyclic) bond motifs is 2. The Morgan fingerprint density at radius 1 is 1.09 bits per heavy atom. The van der Waals surface area contributed by atoms with Crippen LogP contribution >= 0.6 is 11.3 Å². The van der Waals surface area contributed by atoms with Gasteiger partial charge in [0.15, 0.2) is 0 Å². The normalized spacial score (nSPS) is 11.4. The number of rotatable bonds is 5. The lowest BCUT2D eigenvalue weighted by Gasteiger charge is -2.13. The van der Waals surface area contributed by atoms with E-state index in [9.17, 15) is 9.59 Å². The second-order valence-corrected chi connectivity index (χ2v) is 8.61. The monoisotopic (exact) mass is 453 g/mol. The van der Waals surface area contributed by atoms with E-state index in [-0.39, 0.29) is 23.3 Å². The van der Waals surface area contributed by atoms with E-state index in [1.165, 1.54) is 28.8 Å². The Balaban J connectivity index is 1.55. The number of nitrogens with zero attached hydrogens (tertiary/aromatic N) is 3. The van der Waals surface area contributed by atoms with Gasteiger partial charge in [0.25, 0.3) is 5.91 Å². The second kappa shape index (κ2) is 8.80. The lowest BCUT2D eigenvalue weighted by molar-refractivity contribution is -0.118. The molecule has 0 fully saturated rings. The van der Waals surface area contributed by atoms with Crippen LogP contribution in [0.4, 0.5) is 5.13 Å². The minimum atomic E-state index is -0.251. The Kier molecular flexibility index (Phi) is 5.54. The standard InChI is InChI=1S/C26H19N3O3S/c1-17-11-12-21-23(13-17)33-26(28-21)29(24(30)14-18-7-3-2-4-8-18)27-15-19-16-32-22-10-6-5-9-20(22)25(19)31/h2-13,15-16H,14H2,1H3/b27-15+. The van der Waals surface area contributed by atoms with E-state index < -0.39 is 0 Å². The SMILES string of the molecule is Cc1ccc2nc(N(/N=C/c3coc4ccccc4c3=O)C(=O)Cc3ccccc3)sc2c1. The summed E-state index contributed by atoms with van der Waals surface area (Å²) < 4.78 is 6.53. The summed E-state index contributed by atoms with van der Waals surface area (Å²) in [6, 6.07) is 22.4. The molecule has 0 unspecified atom stereocenters. The second-order valence-electron chi connectivity index (χ2n) is 7.60. The van der Waals surface area contributed by atoms with Gasteiger partial charge in [0, 0.05) is 0 Å². The van der Waals surface area contributed by atoms with E-state index in [1.807, 2.05) is 55.5 Å². The van der Waals surface area contributed by atoms with Crippen LogP contribution in [0.25, 0.3) is 21.2 Å². The summed E-state index contributed by atoms with van der Waals surface area (Å²) in [4.78, 5) is 30.7. The topological polar surface area (TPSA) is 75.8 Å². The smallest absolute Gasteiger partial charge is 0.253 e. The number of hydrogen-bond acceptors (Lipinski definition) is 6. The summed E-state index contributed by atoms with van der Waals surface area (Å²) in [5.41, 5.74) is 3.30. The van der Waals surface area contributed by atoms with Crippen molar-refractivity contribution in [2.45, 2.75) is 13.3 Å². The maximum atomic E-state index is 13.3. The summed E-state index contributed by atoms with van der Waals surface area (Å²) in [7, 11) is 0. The first-order valence-electron chi connectivity index (χ1n) is 10.4. The highest BCUT2D eigenvalue weighted by molar-refractivity contribution is 7.22. The number of aryl methyl sites for hydroxylation is 1. The van der Waals surface area contributed by atoms with Gasteiger partial charge in [-0.15, -0.1) is 0 Å². The molecule has 0 aliphatic rings. The first kappa shape index (κ1) is 20.8. The highest BCUT2D eigenvalue weighted by Crippen LogP contribution is 2.30. The van der Waals surface area contributed by atoms with Crippen molar-refractivity contribution in [3.8, 4) is 0 Å². The molecule has 2 heterocycles. The molecule has 33 heavy (non-hydrogen) atoms. The number of benzene rings is 3. The van der Waals surface area contributed by atoms with Gasteiger partial charge in [0.05, 0.1) is 33.8 Å². The number of hydrazone groups is 1. The zero-order valence-corrected chi connectivity index (χ0v) is 18.6. The van der Waals surface area contributed by atoms with E-state index in [2.05, 4.69) is 10.1 Å². The Morgan fingerprint density at radius 2 is 1.88 bits per heavy atom. The molecule has 0 saturated heterocycles. The maximum Gasteiger partial charge on any atom is 0.253 e. The molecule has 0 saturated carbocycles. The van der Waals surface area contributed by atoms with Crippen LogP contribution < -0.4 is 10.4 Å². The number of thiazole rings is 1. The van der Waals surface area contributed by atoms with Crippen LogP contribution in [-0.2, 0) is 11.2 Å². The minimum absolute atomic E-state index is 0.152. The molecule has 3 aromatic carbocycles. The van der Waals surface area contributed by atoms with Crippen LogP contribution in [0.5, 0.6) is 0 Å². The number of amides is 1. The molecule has 1 amide bonds. The molecule has 2 aromatic heterocycles. The minimum Gasteiger partial charge on any atom is -0.463 e. The van der Waals surface area contributed by atoms with Crippen molar-refractivity contribution in [3.63, 3.8) is 0 Å². The molecule has 0 radical (unpaired) electrons. The molecule has 7 heteroatoms. The Hall–Kier alpha value is -4.10. The number of para-hydroxylation sites is 1. The van der Waals surface area contributed by atoms with Crippen molar-refractivity contribution in [1.82, 2.24) is 4.98 Å². The number of carbonyl (C=O) groups excluding carboxylic acids is 1. The number of aromatic nitrogens is 1. The Bertz CT molecular complexity index is 1550. The molecule has 0 bridgehead atoms. The molecule has 0 aliphatic heterocycles. The average molecular weight is 454 g/mol. The number of anilines is 1. The third-order valence-electron chi connectivity index (χ3n) is 5.17. The quantitative estimate of drug-likeness (QED) is 0.267. The van der Waals surface area contributed by atoms with Crippen molar-refractivity contribution in [2.24, 2.45) is 5.10 Å². The van der Waals surface area contributed by atoms with Crippen LogP contribution in [-0.4, -0.2) is 17.1 Å². The van der Waals surface area contributed by atoms with Gasteiger partial charge in [-0.1, -0.05) is 59.9 Å². The summed E-state index contributed by atoms with van der Waals surface area (Å²) in [6.07, 6.45) is 2.87. The molecule has 0 spiro atoms. The summed E-state index contributed by atoms with van der Waals surface area (Å²) in [5, 5.41) is 6.56. The summed E-state index contributed by atoms with van der Waals surface area (Å²) in [6.45, 7) is 2.01. The van der Waals surface area contributed by atoms with E-state index >= 15 is 0 Å². The summed E-state index contributed by atoms with van der Waals surface area (Å²) in [5.74, 6) is -0.251.